The van der Waals surface area contributed by atoms with Crippen LogP contribution in [0.4, 0.5) is 11.4 Å². The van der Waals surface area contributed by atoms with Gasteiger partial charge < -0.3 is 11.5 Å². The Morgan fingerprint density at radius 2 is 0.659 bits per heavy atom. The largest absolute Gasteiger partial charge is 0.399 e. The summed E-state index contributed by atoms with van der Waals surface area (Å²) in [5.74, 6) is 1.22. The molecule has 0 saturated carbocycles. The van der Waals surface area contributed by atoms with Gasteiger partial charge in [0, 0.05) is 29.1 Å². The number of benzene rings is 4. The SMILES string of the molecule is CCCCCCC(c1ccc(C(CCC)c2ccc(N)cc2)cc1)c1ccc(C(CCC)c2ccc(N)cc2)cc1. The van der Waals surface area contributed by atoms with Crippen molar-refractivity contribution in [2.24, 2.45) is 0 Å². The lowest BCUT2D eigenvalue weighted by atomic mass is 9.82. The van der Waals surface area contributed by atoms with Crippen LogP contribution in [0.1, 0.15) is 130 Å². The topological polar surface area (TPSA) is 52.0 Å². The molecule has 2 atom stereocenters. The molecule has 41 heavy (non-hydrogen) atoms. The van der Waals surface area contributed by atoms with E-state index in [2.05, 4.69) is 93.6 Å². The molecule has 0 aliphatic rings. The molecular weight excluding hydrogens is 496 g/mol. The quantitative estimate of drug-likeness (QED) is 0.115. The summed E-state index contributed by atoms with van der Waals surface area (Å²) < 4.78 is 0. The molecule has 0 saturated heterocycles. The fourth-order valence-electron chi connectivity index (χ4n) is 6.31. The molecule has 4 N–H and O–H groups in total. The number of nitrogens with two attached hydrogens (primary N) is 2. The van der Waals surface area contributed by atoms with Crippen molar-refractivity contribution < 1.29 is 0 Å². The van der Waals surface area contributed by atoms with Gasteiger partial charge in [0.15, 0.2) is 0 Å². The maximum Gasteiger partial charge on any atom is 0.0314 e. The number of anilines is 2. The molecule has 0 aliphatic carbocycles. The highest BCUT2D eigenvalue weighted by molar-refractivity contribution is 5.45. The van der Waals surface area contributed by atoms with Crippen molar-refractivity contribution in [1.82, 2.24) is 0 Å². The van der Waals surface area contributed by atoms with E-state index in [0.717, 1.165) is 37.1 Å². The van der Waals surface area contributed by atoms with E-state index in [1.807, 2.05) is 24.3 Å². The van der Waals surface area contributed by atoms with Crippen molar-refractivity contribution in [2.45, 2.75) is 96.3 Å². The van der Waals surface area contributed by atoms with Crippen molar-refractivity contribution in [3.63, 3.8) is 0 Å². The Morgan fingerprint density at radius 1 is 0.366 bits per heavy atom. The summed E-state index contributed by atoms with van der Waals surface area (Å²) in [7, 11) is 0. The van der Waals surface area contributed by atoms with Gasteiger partial charge in [-0.2, -0.15) is 0 Å². The summed E-state index contributed by atoms with van der Waals surface area (Å²) >= 11 is 0. The summed E-state index contributed by atoms with van der Waals surface area (Å²) in [5, 5.41) is 0. The molecule has 0 aliphatic heterocycles. The van der Waals surface area contributed by atoms with Crippen LogP contribution in [0.25, 0.3) is 0 Å². The third-order valence-corrected chi connectivity index (χ3v) is 8.66. The number of rotatable bonds is 15. The minimum Gasteiger partial charge on any atom is -0.399 e. The number of unbranched alkanes of at least 4 members (excludes halogenated alkanes) is 3. The molecular formula is C39H50N2. The van der Waals surface area contributed by atoms with Crippen molar-refractivity contribution in [1.29, 1.82) is 0 Å². The minimum absolute atomic E-state index is 0.403. The van der Waals surface area contributed by atoms with Gasteiger partial charge in [-0.1, -0.05) is 132 Å². The Morgan fingerprint density at radius 3 is 0.951 bits per heavy atom. The molecule has 2 nitrogen and oxygen atoms in total. The van der Waals surface area contributed by atoms with Gasteiger partial charge in [-0.05, 0) is 76.9 Å². The molecule has 216 valence electrons. The van der Waals surface area contributed by atoms with E-state index >= 15 is 0 Å². The van der Waals surface area contributed by atoms with Crippen molar-refractivity contribution in [3.05, 3.63) is 130 Å². The van der Waals surface area contributed by atoms with Crippen LogP contribution in [0.5, 0.6) is 0 Å². The molecule has 0 heterocycles. The molecule has 0 spiro atoms. The third kappa shape index (κ3) is 8.26. The molecule has 0 amide bonds. The third-order valence-electron chi connectivity index (χ3n) is 8.66. The first-order valence-corrected chi connectivity index (χ1v) is 15.9. The van der Waals surface area contributed by atoms with Crippen LogP contribution in [0, 0.1) is 0 Å². The van der Waals surface area contributed by atoms with E-state index in [4.69, 9.17) is 11.5 Å². The van der Waals surface area contributed by atoms with E-state index in [0.29, 0.717) is 17.8 Å². The standard InChI is InChI=1S/C39H50N2/c1-4-7-8-9-12-39(31-17-13-29(14-18-31)37(10-5-2)33-21-25-35(40)26-22-33)32-19-15-30(16-20-32)38(11-6-3)34-23-27-36(41)28-24-34/h13-28,37-39H,4-12,40-41H2,1-3H3. The summed E-state index contributed by atoms with van der Waals surface area (Å²) in [6, 6.07) is 35.9. The molecule has 4 aromatic rings. The van der Waals surface area contributed by atoms with E-state index in [9.17, 15) is 0 Å². The molecule has 0 bridgehead atoms. The lowest BCUT2D eigenvalue weighted by Gasteiger charge is -2.23. The minimum atomic E-state index is 0.403. The first-order valence-electron chi connectivity index (χ1n) is 15.9. The van der Waals surface area contributed by atoms with Gasteiger partial charge in [0.1, 0.15) is 0 Å². The lowest BCUT2D eigenvalue weighted by molar-refractivity contribution is 0.596. The average Bonchev–Trinajstić information content (AvgIpc) is 3.00. The van der Waals surface area contributed by atoms with Gasteiger partial charge >= 0.3 is 0 Å². The van der Waals surface area contributed by atoms with Gasteiger partial charge in [0.05, 0.1) is 0 Å². The zero-order valence-electron chi connectivity index (χ0n) is 25.5. The molecule has 2 heteroatoms. The second-order valence-electron chi connectivity index (χ2n) is 11.8. The molecule has 4 rings (SSSR count). The molecule has 0 fully saturated rings. The average molecular weight is 547 g/mol. The van der Waals surface area contributed by atoms with Crippen LogP contribution < -0.4 is 11.5 Å². The maximum absolute atomic E-state index is 5.98. The van der Waals surface area contributed by atoms with Crippen LogP contribution in [0.3, 0.4) is 0 Å². The zero-order valence-corrected chi connectivity index (χ0v) is 25.5. The number of hydrogen-bond donors (Lipinski definition) is 2. The van der Waals surface area contributed by atoms with Gasteiger partial charge in [0.25, 0.3) is 0 Å². The highest BCUT2D eigenvalue weighted by Gasteiger charge is 2.19. The van der Waals surface area contributed by atoms with Crippen molar-refractivity contribution >= 4 is 11.4 Å². The molecule has 0 aromatic heterocycles. The monoisotopic (exact) mass is 546 g/mol. The smallest absolute Gasteiger partial charge is 0.0314 e. The Bertz CT molecular complexity index is 1190. The van der Waals surface area contributed by atoms with Gasteiger partial charge in [-0.3, -0.25) is 0 Å². The number of hydrogen-bond acceptors (Lipinski definition) is 2. The van der Waals surface area contributed by atoms with Gasteiger partial charge in [-0.15, -0.1) is 0 Å². The van der Waals surface area contributed by atoms with Crippen LogP contribution >= 0.6 is 0 Å². The van der Waals surface area contributed by atoms with E-state index < -0.39 is 0 Å². The summed E-state index contributed by atoms with van der Waals surface area (Å²) in [6.07, 6.45) is 10.9. The van der Waals surface area contributed by atoms with Crippen molar-refractivity contribution in [2.75, 3.05) is 11.5 Å². The zero-order chi connectivity index (χ0) is 29.0. The first-order chi connectivity index (χ1) is 20.0. The fourth-order valence-corrected chi connectivity index (χ4v) is 6.31. The Labute approximate surface area is 249 Å². The van der Waals surface area contributed by atoms with Crippen LogP contribution in [-0.2, 0) is 0 Å². The van der Waals surface area contributed by atoms with E-state index in [1.54, 1.807) is 0 Å². The number of nitrogen functional groups attached to an aromatic ring is 2. The van der Waals surface area contributed by atoms with E-state index in [1.165, 1.54) is 65.5 Å². The van der Waals surface area contributed by atoms with Crippen LogP contribution in [-0.4, -0.2) is 0 Å². The Kier molecular flexibility index (Phi) is 11.5. The molecule has 4 aromatic carbocycles. The van der Waals surface area contributed by atoms with Crippen molar-refractivity contribution in [3.8, 4) is 0 Å². The van der Waals surface area contributed by atoms with Gasteiger partial charge in [0.2, 0.25) is 0 Å². The normalized spacial score (nSPS) is 13.5. The van der Waals surface area contributed by atoms with E-state index in [-0.39, 0.29) is 0 Å². The van der Waals surface area contributed by atoms with Gasteiger partial charge in [-0.25, -0.2) is 0 Å². The highest BCUT2D eigenvalue weighted by atomic mass is 14.5. The molecule has 0 radical (unpaired) electrons. The Hall–Kier alpha value is -3.52. The summed E-state index contributed by atoms with van der Waals surface area (Å²) in [5.41, 5.74) is 21.9. The lowest BCUT2D eigenvalue weighted by Crippen LogP contribution is -2.06. The second-order valence-corrected chi connectivity index (χ2v) is 11.8. The predicted molar refractivity (Wildman–Crippen MR) is 179 cm³/mol. The molecule has 2 unspecified atom stereocenters. The fraction of sp³-hybridized carbons (Fsp3) is 0.385. The maximum atomic E-state index is 5.98. The highest BCUT2D eigenvalue weighted by Crippen LogP contribution is 2.36. The Balaban J connectivity index is 1.60. The summed E-state index contributed by atoms with van der Waals surface area (Å²) in [6.45, 7) is 6.83. The van der Waals surface area contributed by atoms with Crippen LogP contribution in [0.15, 0.2) is 97.1 Å². The second kappa shape index (κ2) is 15.5. The summed E-state index contributed by atoms with van der Waals surface area (Å²) in [4.78, 5) is 0. The first kappa shape index (κ1) is 30.4. The van der Waals surface area contributed by atoms with Crippen LogP contribution in [0.2, 0.25) is 0 Å². The predicted octanol–water partition coefficient (Wildman–Crippen LogP) is 10.8.